The number of imide groups is 1. The molecule has 0 unspecified atom stereocenters. The van der Waals surface area contributed by atoms with Gasteiger partial charge < -0.3 is 15.2 Å². The molecule has 0 bridgehead atoms. The van der Waals surface area contributed by atoms with Crippen LogP contribution in [-0.4, -0.2) is 41.2 Å². The summed E-state index contributed by atoms with van der Waals surface area (Å²) in [5.74, 6) is 0.213. The zero-order valence-corrected chi connectivity index (χ0v) is 16.8. The quantitative estimate of drug-likeness (QED) is 0.727. The highest BCUT2D eigenvalue weighted by Crippen LogP contribution is 2.29. The number of nitrogens with one attached hydrogen (secondary N) is 1. The number of aliphatic hydroxyl groups is 1. The van der Waals surface area contributed by atoms with Crippen LogP contribution in [0.4, 0.5) is 4.79 Å². The minimum absolute atomic E-state index is 0.0301. The molecule has 2 atom stereocenters. The van der Waals surface area contributed by atoms with E-state index in [0.717, 1.165) is 16.0 Å². The Bertz CT molecular complexity index is 880. The fourth-order valence-corrected chi connectivity index (χ4v) is 3.44. The summed E-state index contributed by atoms with van der Waals surface area (Å²) < 4.78 is 5.63. The molecule has 2 aromatic carbocycles. The van der Waals surface area contributed by atoms with Crippen molar-refractivity contribution in [3.63, 3.8) is 0 Å². The third-order valence-electron chi connectivity index (χ3n) is 4.73. The summed E-state index contributed by atoms with van der Waals surface area (Å²) in [6.07, 6.45) is -1.01. The molecule has 0 aliphatic carbocycles. The number of halogens is 1. The number of hydrogen-bond acceptors (Lipinski definition) is 4. The van der Waals surface area contributed by atoms with E-state index in [4.69, 9.17) is 16.3 Å². The number of aliphatic hydroxyl groups excluding tert-OH is 1. The molecule has 0 spiro atoms. The highest BCUT2D eigenvalue weighted by molar-refractivity contribution is 6.30. The van der Waals surface area contributed by atoms with Crippen LogP contribution in [0.25, 0.3) is 0 Å². The number of aryl methyl sites for hydroxylation is 2. The van der Waals surface area contributed by atoms with Crippen LogP contribution in [0.5, 0.6) is 5.75 Å². The summed E-state index contributed by atoms with van der Waals surface area (Å²) in [4.78, 5) is 26.3. The average Bonchev–Trinajstić information content (AvgIpc) is 2.84. The largest absolute Gasteiger partial charge is 0.491 e. The van der Waals surface area contributed by atoms with Gasteiger partial charge in [0.15, 0.2) is 0 Å². The van der Waals surface area contributed by atoms with Crippen LogP contribution >= 0.6 is 11.6 Å². The van der Waals surface area contributed by atoms with Crippen LogP contribution < -0.4 is 10.1 Å². The predicted molar refractivity (Wildman–Crippen MR) is 106 cm³/mol. The second-order valence-corrected chi connectivity index (χ2v) is 7.70. The minimum Gasteiger partial charge on any atom is -0.491 e. The summed E-state index contributed by atoms with van der Waals surface area (Å²) >= 11 is 5.90. The Kier molecular flexibility index (Phi) is 5.63. The van der Waals surface area contributed by atoms with Crippen LogP contribution in [0, 0.1) is 13.8 Å². The van der Waals surface area contributed by atoms with Gasteiger partial charge in [0.1, 0.15) is 24.0 Å². The summed E-state index contributed by atoms with van der Waals surface area (Å²) in [6, 6.07) is 11.9. The van der Waals surface area contributed by atoms with Gasteiger partial charge in [-0.25, -0.2) is 4.79 Å². The van der Waals surface area contributed by atoms with Crippen LogP contribution in [0.1, 0.15) is 23.6 Å². The smallest absolute Gasteiger partial charge is 0.325 e. The molecule has 7 heteroatoms. The number of nitrogens with zero attached hydrogens (tertiary/aromatic N) is 1. The number of carbonyl (C=O) groups excluding carboxylic acids is 2. The van der Waals surface area contributed by atoms with E-state index in [2.05, 4.69) is 5.32 Å². The van der Waals surface area contributed by atoms with Crippen LogP contribution in [0.2, 0.25) is 5.02 Å². The lowest BCUT2D eigenvalue weighted by Crippen LogP contribution is -2.42. The van der Waals surface area contributed by atoms with E-state index in [0.29, 0.717) is 16.3 Å². The van der Waals surface area contributed by atoms with E-state index in [1.165, 1.54) is 0 Å². The summed E-state index contributed by atoms with van der Waals surface area (Å²) in [5.41, 5.74) is 1.53. The van der Waals surface area contributed by atoms with E-state index in [1.54, 1.807) is 31.2 Å². The highest BCUT2D eigenvalue weighted by Gasteiger charge is 2.49. The zero-order valence-electron chi connectivity index (χ0n) is 16.0. The Hall–Kier alpha value is -2.57. The maximum Gasteiger partial charge on any atom is 0.325 e. The standard InChI is InChI=1S/C21H23ClN2O4/c1-13-8-14(2)10-18(9-13)28-12-17(25)11-24-19(26)21(3,23-20(24)27)15-4-6-16(22)7-5-15/h4-10,17,25H,11-12H2,1-3H3,(H,23,27)/t17-,21-/m1/s1. The van der Waals surface area contributed by atoms with Crippen molar-refractivity contribution in [3.8, 4) is 5.75 Å². The molecular formula is C21H23ClN2O4. The van der Waals surface area contributed by atoms with Crippen molar-refractivity contribution >= 4 is 23.5 Å². The molecule has 2 N–H and O–H groups in total. The maximum absolute atomic E-state index is 12.9. The van der Waals surface area contributed by atoms with Gasteiger partial charge in [-0.05, 0) is 61.7 Å². The van der Waals surface area contributed by atoms with Gasteiger partial charge in [0, 0.05) is 5.02 Å². The topological polar surface area (TPSA) is 78.9 Å². The molecule has 0 saturated carbocycles. The molecule has 1 heterocycles. The van der Waals surface area contributed by atoms with Crippen molar-refractivity contribution in [3.05, 3.63) is 64.2 Å². The number of hydrogen-bond donors (Lipinski definition) is 2. The first-order chi connectivity index (χ1) is 13.2. The lowest BCUT2D eigenvalue weighted by molar-refractivity contribution is -0.132. The van der Waals surface area contributed by atoms with Crippen molar-refractivity contribution in [1.82, 2.24) is 10.2 Å². The van der Waals surface area contributed by atoms with Crippen molar-refractivity contribution in [2.75, 3.05) is 13.2 Å². The number of urea groups is 1. The molecule has 0 radical (unpaired) electrons. The molecule has 3 rings (SSSR count). The minimum atomic E-state index is -1.20. The van der Waals surface area contributed by atoms with E-state index in [-0.39, 0.29) is 13.2 Å². The van der Waals surface area contributed by atoms with Gasteiger partial charge in [0.05, 0.1) is 6.54 Å². The number of amides is 3. The van der Waals surface area contributed by atoms with Crippen LogP contribution in [0.15, 0.2) is 42.5 Å². The van der Waals surface area contributed by atoms with Gasteiger partial charge in [-0.1, -0.05) is 29.8 Å². The third kappa shape index (κ3) is 4.13. The molecule has 1 aliphatic heterocycles. The van der Waals surface area contributed by atoms with Crippen molar-refractivity contribution < 1.29 is 19.4 Å². The van der Waals surface area contributed by atoms with Gasteiger partial charge in [-0.3, -0.25) is 9.69 Å². The lowest BCUT2D eigenvalue weighted by atomic mass is 9.92. The number of benzene rings is 2. The number of carbonyl (C=O) groups is 2. The van der Waals surface area contributed by atoms with Crippen molar-refractivity contribution in [1.29, 1.82) is 0 Å². The first-order valence-corrected chi connectivity index (χ1v) is 9.36. The molecule has 1 fully saturated rings. The third-order valence-corrected chi connectivity index (χ3v) is 4.98. The normalized spacial score (nSPS) is 20.2. The first kappa shape index (κ1) is 20.2. The second kappa shape index (κ2) is 7.81. The fraction of sp³-hybridized carbons (Fsp3) is 0.333. The fourth-order valence-electron chi connectivity index (χ4n) is 3.31. The van der Waals surface area contributed by atoms with Crippen LogP contribution in [0.3, 0.4) is 0 Å². The predicted octanol–water partition coefficient (Wildman–Crippen LogP) is 3.16. The van der Waals surface area contributed by atoms with E-state index >= 15 is 0 Å². The lowest BCUT2D eigenvalue weighted by Gasteiger charge is -2.23. The number of ether oxygens (including phenoxy) is 1. The molecule has 28 heavy (non-hydrogen) atoms. The summed E-state index contributed by atoms with van der Waals surface area (Å²) in [6.45, 7) is 5.37. The molecule has 1 aliphatic rings. The Morgan fingerprint density at radius 2 is 1.75 bits per heavy atom. The molecule has 148 valence electrons. The van der Waals surface area contributed by atoms with Crippen molar-refractivity contribution in [2.45, 2.75) is 32.4 Å². The van der Waals surface area contributed by atoms with Crippen LogP contribution in [-0.2, 0) is 10.3 Å². The molecular weight excluding hydrogens is 380 g/mol. The van der Waals surface area contributed by atoms with E-state index in [9.17, 15) is 14.7 Å². The summed E-state index contributed by atoms with van der Waals surface area (Å²) in [5, 5.41) is 13.5. The van der Waals surface area contributed by atoms with Gasteiger partial charge in [-0.15, -0.1) is 0 Å². The van der Waals surface area contributed by atoms with Gasteiger partial charge in [-0.2, -0.15) is 0 Å². The number of rotatable bonds is 6. The van der Waals surface area contributed by atoms with E-state index in [1.807, 2.05) is 32.0 Å². The number of β-amino-alcohol motifs (C(OH)–C–C–N with tert-alkyl or cyclic N) is 1. The summed E-state index contributed by atoms with van der Waals surface area (Å²) in [7, 11) is 0. The molecule has 2 aromatic rings. The Morgan fingerprint density at radius 3 is 2.36 bits per heavy atom. The SMILES string of the molecule is Cc1cc(C)cc(OC[C@H](O)CN2C(=O)N[C@](C)(c3ccc(Cl)cc3)C2=O)c1. The van der Waals surface area contributed by atoms with Gasteiger partial charge in [0.2, 0.25) is 0 Å². The van der Waals surface area contributed by atoms with E-state index < -0.39 is 23.6 Å². The molecule has 1 saturated heterocycles. The Balaban J connectivity index is 1.65. The average molecular weight is 403 g/mol. The molecule has 0 aromatic heterocycles. The Morgan fingerprint density at radius 1 is 1.14 bits per heavy atom. The Labute approximate surface area is 169 Å². The van der Waals surface area contributed by atoms with Gasteiger partial charge in [0.25, 0.3) is 5.91 Å². The second-order valence-electron chi connectivity index (χ2n) is 7.27. The molecule has 3 amide bonds. The van der Waals surface area contributed by atoms with Crippen molar-refractivity contribution in [2.24, 2.45) is 0 Å². The highest BCUT2D eigenvalue weighted by atomic mass is 35.5. The van der Waals surface area contributed by atoms with Gasteiger partial charge >= 0.3 is 6.03 Å². The zero-order chi connectivity index (χ0) is 20.5. The first-order valence-electron chi connectivity index (χ1n) is 8.98. The monoisotopic (exact) mass is 402 g/mol. The molecule has 6 nitrogen and oxygen atoms in total. The maximum atomic E-state index is 12.9.